The van der Waals surface area contributed by atoms with Crippen LogP contribution >= 0.6 is 0 Å². The molecule has 0 aromatic heterocycles. The van der Waals surface area contributed by atoms with Crippen LogP contribution in [0.25, 0.3) is 0 Å². The summed E-state index contributed by atoms with van der Waals surface area (Å²) in [6, 6.07) is 13.2. The summed E-state index contributed by atoms with van der Waals surface area (Å²) in [7, 11) is 4.85. The van der Waals surface area contributed by atoms with E-state index in [1.165, 1.54) is 0 Å². The van der Waals surface area contributed by atoms with Gasteiger partial charge in [0.25, 0.3) is 0 Å². The predicted molar refractivity (Wildman–Crippen MR) is 102 cm³/mol. The van der Waals surface area contributed by atoms with E-state index >= 15 is 0 Å². The molecule has 2 aromatic carbocycles. The van der Waals surface area contributed by atoms with Crippen LogP contribution in [0.4, 0.5) is 0 Å². The minimum absolute atomic E-state index is 0.0365. The average molecular weight is 357 g/mol. The summed E-state index contributed by atoms with van der Waals surface area (Å²) in [5, 5.41) is 0. The van der Waals surface area contributed by atoms with Crippen LogP contribution in [-0.2, 0) is 11.2 Å². The Hall–Kier alpha value is -2.69. The number of benzene rings is 2. The maximum atomic E-state index is 13.0. The van der Waals surface area contributed by atoms with Crippen molar-refractivity contribution < 1.29 is 19.0 Å². The van der Waals surface area contributed by atoms with Crippen molar-refractivity contribution in [1.29, 1.82) is 0 Å². The van der Waals surface area contributed by atoms with Gasteiger partial charge in [-0.2, -0.15) is 0 Å². The highest BCUT2D eigenvalue weighted by Crippen LogP contribution is 2.28. The number of amides is 1. The molecule has 1 atom stereocenters. The molecule has 2 rings (SSSR count). The van der Waals surface area contributed by atoms with Gasteiger partial charge in [0.15, 0.2) is 0 Å². The molecule has 0 bridgehead atoms. The van der Waals surface area contributed by atoms with Crippen molar-refractivity contribution in [3.05, 3.63) is 53.6 Å². The van der Waals surface area contributed by atoms with Crippen molar-refractivity contribution in [3.8, 4) is 17.2 Å². The Morgan fingerprint density at radius 2 is 1.69 bits per heavy atom. The quantitative estimate of drug-likeness (QED) is 0.720. The molecule has 0 aliphatic heterocycles. The van der Waals surface area contributed by atoms with E-state index in [-0.39, 0.29) is 18.4 Å². The second-order valence-electron chi connectivity index (χ2n) is 5.99. The lowest BCUT2D eigenvalue weighted by Gasteiger charge is -2.29. The first-order chi connectivity index (χ1) is 12.5. The first-order valence-electron chi connectivity index (χ1n) is 8.68. The molecule has 0 N–H and O–H groups in total. The third kappa shape index (κ3) is 4.48. The number of rotatable bonds is 8. The summed E-state index contributed by atoms with van der Waals surface area (Å²) in [5.41, 5.74) is 1.85. The summed E-state index contributed by atoms with van der Waals surface area (Å²) >= 11 is 0. The smallest absolute Gasteiger partial charge is 0.227 e. The summed E-state index contributed by atoms with van der Waals surface area (Å²) < 4.78 is 16.0. The lowest BCUT2D eigenvalue weighted by Crippen LogP contribution is -2.34. The van der Waals surface area contributed by atoms with E-state index in [1.54, 1.807) is 21.3 Å². The number of hydrogen-bond acceptors (Lipinski definition) is 4. The molecule has 0 spiro atoms. The molecule has 0 saturated carbocycles. The fourth-order valence-corrected chi connectivity index (χ4v) is 3.03. The van der Waals surface area contributed by atoms with Crippen LogP contribution in [0.5, 0.6) is 17.2 Å². The molecular weight excluding hydrogens is 330 g/mol. The van der Waals surface area contributed by atoms with Gasteiger partial charge in [0.05, 0.1) is 33.8 Å². The van der Waals surface area contributed by atoms with Gasteiger partial charge in [-0.1, -0.05) is 12.1 Å². The summed E-state index contributed by atoms with van der Waals surface area (Å²) in [6.45, 7) is 4.62. The zero-order chi connectivity index (χ0) is 19.1. The van der Waals surface area contributed by atoms with Crippen molar-refractivity contribution in [2.24, 2.45) is 0 Å². The average Bonchev–Trinajstić information content (AvgIpc) is 2.68. The number of methoxy groups -OCH3 is 3. The predicted octanol–water partition coefficient (Wildman–Crippen LogP) is 3.86. The highest BCUT2D eigenvalue weighted by atomic mass is 16.5. The van der Waals surface area contributed by atoms with Crippen LogP contribution in [0, 0.1) is 0 Å². The molecule has 2 aromatic rings. The minimum atomic E-state index is -0.0563. The molecule has 0 heterocycles. The maximum absolute atomic E-state index is 13.0. The summed E-state index contributed by atoms with van der Waals surface area (Å²) in [6.07, 6.45) is 0.253. The van der Waals surface area contributed by atoms with Crippen LogP contribution in [0.3, 0.4) is 0 Å². The van der Waals surface area contributed by atoms with Gasteiger partial charge in [-0.3, -0.25) is 4.79 Å². The topological polar surface area (TPSA) is 48.0 Å². The van der Waals surface area contributed by atoms with E-state index in [9.17, 15) is 4.79 Å². The Balaban J connectivity index is 2.23. The van der Waals surface area contributed by atoms with Crippen LogP contribution in [0.2, 0.25) is 0 Å². The van der Waals surface area contributed by atoms with Gasteiger partial charge in [0, 0.05) is 12.1 Å². The fourth-order valence-electron chi connectivity index (χ4n) is 3.03. The van der Waals surface area contributed by atoms with Crippen molar-refractivity contribution in [2.75, 3.05) is 27.9 Å². The molecule has 1 amide bonds. The largest absolute Gasteiger partial charge is 0.497 e. The molecule has 1 unspecified atom stereocenters. The van der Waals surface area contributed by atoms with Gasteiger partial charge < -0.3 is 19.1 Å². The van der Waals surface area contributed by atoms with Crippen molar-refractivity contribution in [1.82, 2.24) is 4.90 Å². The first kappa shape index (κ1) is 19.6. The highest BCUT2D eigenvalue weighted by molar-refractivity contribution is 5.80. The fraction of sp³-hybridized carbons (Fsp3) is 0.381. The maximum Gasteiger partial charge on any atom is 0.227 e. The number of hydrogen-bond donors (Lipinski definition) is 0. The Labute approximate surface area is 155 Å². The van der Waals surface area contributed by atoms with Gasteiger partial charge in [0.2, 0.25) is 5.91 Å². The van der Waals surface area contributed by atoms with E-state index in [4.69, 9.17) is 14.2 Å². The Kier molecular flexibility index (Phi) is 6.89. The zero-order valence-corrected chi connectivity index (χ0v) is 16.1. The zero-order valence-electron chi connectivity index (χ0n) is 16.1. The van der Waals surface area contributed by atoms with E-state index in [0.717, 1.165) is 16.9 Å². The van der Waals surface area contributed by atoms with E-state index in [0.29, 0.717) is 18.0 Å². The van der Waals surface area contributed by atoms with E-state index in [2.05, 4.69) is 0 Å². The van der Waals surface area contributed by atoms with Crippen LogP contribution in [-0.4, -0.2) is 38.7 Å². The van der Waals surface area contributed by atoms with Gasteiger partial charge in [-0.05, 0) is 49.7 Å². The van der Waals surface area contributed by atoms with Crippen LogP contribution in [0.1, 0.15) is 31.0 Å². The second kappa shape index (κ2) is 9.13. The van der Waals surface area contributed by atoms with Gasteiger partial charge in [0.1, 0.15) is 17.2 Å². The molecule has 0 fully saturated rings. The molecule has 26 heavy (non-hydrogen) atoms. The number of likely N-dealkylation sites (N-methyl/N-ethyl adjacent to an activating group) is 1. The number of nitrogens with zero attached hydrogens (tertiary/aromatic N) is 1. The number of carbonyl (C=O) groups excluding carboxylic acids is 1. The second-order valence-corrected chi connectivity index (χ2v) is 5.99. The normalized spacial score (nSPS) is 11.6. The number of ether oxygens (including phenoxy) is 3. The van der Waals surface area contributed by atoms with Gasteiger partial charge >= 0.3 is 0 Å². The molecule has 5 nitrogen and oxygen atoms in total. The monoisotopic (exact) mass is 357 g/mol. The van der Waals surface area contributed by atoms with Crippen molar-refractivity contribution in [3.63, 3.8) is 0 Å². The van der Waals surface area contributed by atoms with E-state index in [1.807, 2.05) is 61.2 Å². The Bertz CT molecular complexity index is 745. The number of carbonyl (C=O) groups is 1. The standard InChI is InChI=1S/C21H27NO4/c1-6-22(15(2)16-8-7-9-18(12-16)24-3)21(23)14-17-13-19(25-4)10-11-20(17)26-5/h7-13,15H,6,14H2,1-5H3. The Morgan fingerprint density at radius 1 is 1.00 bits per heavy atom. The molecular formula is C21H27NO4. The molecule has 5 heteroatoms. The SMILES string of the molecule is CCN(C(=O)Cc1cc(OC)ccc1OC)C(C)c1cccc(OC)c1. The third-order valence-corrected chi connectivity index (χ3v) is 4.53. The lowest BCUT2D eigenvalue weighted by molar-refractivity contribution is -0.132. The van der Waals surface area contributed by atoms with Crippen LogP contribution in [0.15, 0.2) is 42.5 Å². The van der Waals surface area contributed by atoms with Gasteiger partial charge in [-0.15, -0.1) is 0 Å². The first-order valence-corrected chi connectivity index (χ1v) is 8.68. The summed E-state index contributed by atoms with van der Waals surface area (Å²) in [4.78, 5) is 14.8. The lowest BCUT2D eigenvalue weighted by atomic mass is 10.0. The summed E-state index contributed by atoms with van der Waals surface area (Å²) in [5.74, 6) is 2.21. The van der Waals surface area contributed by atoms with Crippen LogP contribution < -0.4 is 14.2 Å². The van der Waals surface area contributed by atoms with Crippen molar-refractivity contribution >= 4 is 5.91 Å². The Morgan fingerprint density at radius 3 is 2.31 bits per heavy atom. The molecule has 0 aliphatic carbocycles. The molecule has 140 valence electrons. The van der Waals surface area contributed by atoms with Crippen molar-refractivity contribution in [2.45, 2.75) is 26.3 Å². The molecule has 0 saturated heterocycles. The molecule has 0 radical (unpaired) electrons. The molecule has 0 aliphatic rings. The third-order valence-electron chi connectivity index (χ3n) is 4.53. The highest BCUT2D eigenvalue weighted by Gasteiger charge is 2.22. The van der Waals surface area contributed by atoms with E-state index < -0.39 is 0 Å². The van der Waals surface area contributed by atoms with Gasteiger partial charge in [-0.25, -0.2) is 0 Å². The minimum Gasteiger partial charge on any atom is -0.497 e.